The Kier molecular flexibility index (Phi) is 3.96. The van der Waals surface area contributed by atoms with E-state index >= 15 is 0 Å². The number of carboxylic acids is 1. The molecule has 0 radical (unpaired) electrons. The molecular weight excluding hydrogens is 214 g/mol. The molecule has 0 saturated heterocycles. The first-order valence-corrected chi connectivity index (χ1v) is 4.65. The topological polar surface area (TPSA) is 101 Å². The van der Waals surface area contributed by atoms with Gasteiger partial charge in [0.2, 0.25) is 0 Å². The Labute approximate surface area is 91.3 Å². The summed E-state index contributed by atoms with van der Waals surface area (Å²) in [6.07, 6.45) is -1.13. The van der Waals surface area contributed by atoms with Crippen molar-refractivity contribution in [1.82, 2.24) is 0 Å². The number of nitrogens with zero attached hydrogens (tertiary/aromatic N) is 1. The molecule has 0 aromatic heterocycles. The molecule has 1 atom stereocenters. The third kappa shape index (κ3) is 3.32. The lowest BCUT2D eigenvalue weighted by Gasteiger charge is -2.08. The van der Waals surface area contributed by atoms with Crippen molar-refractivity contribution in [3.8, 4) is 0 Å². The summed E-state index contributed by atoms with van der Waals surface area (Å²) < 4.78 is 0. The van der Waals surface area contributed by atoms with Gasteiger partial charge in [0.1, 0.15) is 0 Å². The monoisotopic (exact) mass is 225 g/mol. The van der Waals surface area contributed by atoms with Gasteiger partial charge in [0, 0.05) is 18.6 Å². The molecule has 1 unspecified atom stereocenters. The van der Waals surface area contributed by atoms with Crippen LogP contribution in [0, 0.1) is 10.1 Å². The van der Waals surface area contributed by atoms with E-state index in [1.54, 1.807) is 0 Å². The molecular formula is C10H11NO5. The fourth-order valence-corrected chi connectivity index (χ4v) is 1.27. The van der Waals surface area contributed by atoms with E-state index in [4.69, 9.17) is 5.11 Å². The second-order valence-electron chi connectivity index (χ2n) is 3.30. The van der Waals surface area contributed by atoms with Crippen molar-refractivity contribution in [2.75, 3.05) is 0 Å². The van der Waals surface area contributed by atoms with Gasteiger partial charge in [-0.25, -0.2) is 0 Å². The maximum absolute atomic E-state index is 10.5. The average Bonchev–Trinajstić information content (AvgIpc) is 2.26. The standard InChI is InChI=1S/C10H11NO5/c12-9(4-5-10(13)14)7-2-1-3-8(6-7)11(15)16/h1-3,6,9,12H,4-5H2,(H,13,14). The van der Waals surface area contributed by atoms with E-state index in [9.17, 15) is 20.0 Å². The smallest absolute Gasteiger partial charge is 0.303 e. The second kappa shape index (κ2) is 5.22. The molecule has 0 heterocycles. The molecule has 16 heavy (non-hydrogen) atoms. The van der Waals surface area contributed by atoms with Crippen molar-refractivity contribution < 1.29 is 19.9 Å². The van der Waals surface area contributed by atoms with E-state index < -0.39 is 17.0 Å². The number of hydrogen-bond acceptors (Lipinski definition) is 4. The summed E-state index contributed by atoms with van der Waals surface area (Å²) in [5.74, 6) is -1.01. The molecule has 1 aromatic carbocycles. The number of nitro groups is 1. The van der Waals surface area contributed by atoms with Crippen molar-refractivity contribution in [1.29, 1.82) is 0 Å². The Hall–Kier alpha value is -1.95. The van der Waals surface area contributed by atoms with Gasteiger partial charge in [-0.3, -0.25) is 14.9 Å². The van der Waals surface area contributed by atoms with E-state index in [1.807, 2.05) is 0 Å². The summed E-state index contributed by atoms with van der Waals surface area (Å²) in [4.78, 5) is 20.2. The Bertz CT molecular complexity index is 404. The number of aliphatic hydroxyl groups is 1. The Morgan fingerprint density at radius 3 is 2.75 bits per heavy atom. The second-order valence-corrected chi connectivity index (χ2v) is 3.30. The normalized spacial score (nSPS) is 12.1. The minimum absolute atomic E-state index is 0.0382. The molecule has 0 fully saturated rings. The van der Waals surface area contributed by atoms with Crippen LogP contribution < -0.4 is 0 Å². The predicted molar refractivity (Wildman–Crippen MR) is 54.9 cm³/mol. The minimum atomic E-state index is -1.01. The zero-order valence-corrected chi connectivity index (χ0v) is 8.37. The van der Waals surface area contributed by atoms with Crippen LogP contribution in [0.1, 0.15) is 24.5 Å². The molecule has 0 spiro atoms. The fourth-order valence-electron chi connectivity index (χ4n) is 1.27. The number of aliphatic carboxylic acids is 1. The average molecular weight is 225 g/mol. The van der Waals surface area contributed by atoms with Crippen molar-refractivity contribution in [2.24, 2.45) is 0 Å². The largest absolute Gasteiger partial charge is 0.481 e. The first kappa shape index (κ1) is 12.1. The van der Waals surface area contributed by atoms with Gasteiger partial charge in [-0.2, -0.15) is 0 Å². The first-order valence-electron chi connectivity index (χ1n) is 4.65. The lowest BCUT2D eigenvalue weighted by molar-refractivity contribution is -0.385. The van der Waals surface area contributed by atoms with E-state index in [2.05, 4.69) is 0 Å². The van der Waals surface area contributed by atoms with Crippen LogP contribution in [0.15, 0.2) is 24.3 Å². The van der Waals surface area contributed by atoms with Crippen molar-refractivity contribution in [3.05, 3.63) is 39.9 Å². The summed E-state index contributed by atoms with van der Waals surface area (Å²) in [6.45, 7) is 0. The Morgan fingerprint density at radius 1 is 1.50 bits per heavy atom. The number of aliphatic hydroxyl groups excluding tert-OH is 1. The van der Waals surface area contributed by atoms with Crippen LogP contribution in [0.4, 0.5) is 5.69 Å². The number of carboxylic acid groups (broad SMARTS) is 1. The van der Waals surface area contributed by atoms with Gasteiger partial charge in [-0.1, -0.05) is 12.1 Å². The highest BCUT2D eigenvalue weighted by Crippen LogP contribution is 2.22. The SMILES string of the molecule is O=C(O)CCC(O)c1cccc([N+](=O)[O-])c1. The van der Waals surface area contributed by atoms with Gasteiger partial charge in [-0.15, -0.1) is 0 Å². The summed E-state index contributed by atoms with van der Waals surface area (Å²) >= 11 is 0. The van der Waals surface area contributed by atoms with Crippen LogP contribution in [0.25, 0.3) is 0 Å². The van der Waals surface area contributed by atoms with Crippen molar-refractivity contribution >= 4 is 11.7 Å². The van der Waals surface area contributed by atoms with Crippen molar-refractivity contribution in [2.45, 2.75) is 18.9 Å². The number of nitro benzene ring substituents is 1. The predicted octanol–water partition coefficient (Wildman–Crippen LogP) is 1.49. The highest BCUT2D eigenvalue weighted by atomic mass is 16.6. The first-order chi connectivity index (χ1) is 7.50. The molecule has 0 aliphatic carbocycles. The third-order valence-electron chi connectivity index (χ3n) is 2.10. The van der Waals surface area contributed by atoms with E-state index in [0.29, 0.717) is 5.56 Å². The van der Waals surface area contributed by atoms with Gasteiger partial charge < -0.3 is 10.2 Å². The summed E-state index contributed by atoms with van der Waals surface area (Å²) in [6, 6.07) is 5.54. The number of carbonyl (C=O) groups is 1. The van der Waals surface area contributed by atoms with E-state index in [0.717, 1.165) is 0 Å². The van der Waals surface area contributed by atoms with Gasteiger partial charge in [0.25, 0.3) is 5.69 Å². The zero-order valence-electron chi connectivity index (χ0n) is 8.37. The maximum atomic E-state index is 10.5. The molecule has 1 rings (SSSR count). The molecule has 0 bridgehead atoms. The van der Waals surface area contributed by atoms with Crippen LogP contribution in [0.5, 0.6) is 0 Å². The zero-order chi connectivity index (χ0) is 12.1. The summed E-state index contributed by atoms with van der Waals surface area (Å²) in [7, 11) is 0. The lowest BCUT2D eigenvalue weighted by Crippen LogP contribution is -2.02. The van der Waals surface area contributed by atoms with Gasteiger partial charge in [0.15, 0.2) is 0 Å². The molecule has 0 aliphatic rings. The highest BCUT2D eigenvalue weighted by molar-refractivity contribution is 5.66. The Balaban J connectivity index is 2.75. The fraction of sp³-hybridized carbons (Fsp3) is 0.300. The van der Waals surface area contributed by atoms with Crippen LogP contribution in [-0.4, -0.2) is 21.1 Å². The van der Waals surface area contributed by atoms with Gasteiger partial charge in [0.05, 0.1) is 11.0 Å². The van der Waals surface area contributed by atoms with Crippen LogP contribution in [0.2, 0.25) is 0 Å². The molecule has 0 saturated carbocycles. The molecule has 1 aromatic rings. The maximum Gasteiger partial charge on any atom is 0.303 e. The van der Waals surface area contributed by atoms with Gasteiger partial charge >= 0.3 is 5.97 Å². The third-order valence-corrected chi connectivity index (χ3v) is 2.10. The van der Waals surface area contributed by atoms with Crippen LogP contribution >= 0.6 is 0 Å². The Morgan fingerprint density at radius 2 is 2.19 bits per heavy atom. The summed E-state index contributed by atoms with van der Waals surface area (Å²) in [5, 5.41) is 28.5. The lowest BCUT2D eigenvalue weighted by atomic mass is 10.0. The van der Waals surface area contributed by atoms with Crippen LogP contribution in [0.3, 0.4) is 0 Å². The number of non-ortho nitro benzene ring substituents is 1. The highest BCUT2D eigenvalue weighted by Gasteiger charge is 2.13. The minimum Gasteiger partial charge on any atom is -0.481 e. The quantitative estimate of drug-likeness (QED) is 0.584. The van der Waals surface area contributed by atoms with Crippen LogP contribution in [-0.2, 0) is 4.79 Å². The number of hydrogen-bond donors (Lipinski definition) is 2. The molecule has 2 N–H and O–H groups in total. The molecule has 0 aliphatic heterocycles. The number of rotatable bonds is 5. The summed E-state index contributed by atoms with van der Waals surface area (Å²) in [5.41, 5.74) is 0.238. The molecule has 6 heteroatoms. The molecule has 0 amide bonds. The molecule has 6 nitrogen and oxygen atoms in total. The van der Waals surface area contributed by atoms with E-state index in [1.165, 1.54) is 24.3 Å². The molecule has 86 valence electrons. The number of benzene rings is 1. The van der Waals surface area contributed by atoms with Gasteiger partial charge in [-0.05, 0) is 12.0 Å². The van der Waals surface area contributed by atoms with Crippen molar-refractivity contribution in [3.63, 3.8) is 0 Å². The van der Waals surface area contributed by atoms with E-state index in [-0.39, 0.29) is 18.5 Å².